The van der Waals surface area contributed by atoms with Crippen molar-refractivity contribution in [3.05, 3.63) is 94.5 Å². The maximum Gasteiger partial charge on any atom is 0.264 e. The Labute approximate surface area is 202 Å². The van der Waals surface area contributed by atoms with E-state index in [1.165, 1.54) is 18.2 Å². The first-order valence-corrected chi connectivity index (χ1v) is 13.1. The fraction of sp³-hybridized carbons (Fsp3) is 0.174. The Hall–Kier alpha value is -2.19. The van der Waals surface area contributed by atoms with Crippen LogP contribution in [0.4, 0.5) is 5.69 Å². The van der Waals surface area contributed by atoms with Crippen molar-refractivity contribution in [1.82, 2.24) is 5.32 Å². The zero-order valence-corrected chi connectivity index (χ0v) is 20.2. The molecule has 3 aromatic carbocycles. The summed E-state index contributed by atoms with van der Waals surface area (Å²) in [5.74, 6) is 1.10. The largest absolute Gasteiger partial charge is 0.354 e. The van der Waals surface area contributed by atoms with Gasteiger partial charge in [-0.05, 0) is 48.0 Å². The molecule has 3 rings (SSSR count). The predicted octanol–water partition coefficient (Wildman–Crippen LogP) is 5.24. The Bertz CT molecular complexity index is 1140. The molecule has 0 radical (unpaired) electrons. The molecule has 0 bridgehead atoms. The van der Waals surface area contributed by atoms with Crippen molar-refractivity contribution in [3.63, 3.8) is 0 Å². The smallest absolute Gasteiger partial charge is 0.264 e. The average Bonchev–Trinajstić information content (AvgIpc) is 2.79. The van der Waals surface area contributed by atoms with Gasteiger partial charge in [-0.15, -0.1) is 0 Å². The second-order valence-electron chi connectivity index (χ2n) is 6.83. The van der Waals surface area contributed by atoms with Crippen LogP contribution in [0.15, 0.2) is 83.8 Å². The third-order valence-corrected chi connectivity index (χ3v) is 7.77. The number of benzene rings is 3. The lowest BCUT2D eigenvalue weighted by Gasteiger charge is -2.24. The molecule has 0 unspecified atom stereocenters. The number of carbonyl (C=O) groups excluding carboxylic acids is 1. The minimum Gasteiger partial charge on any atom is -0.354 e. The van der Waals surface area contributed by atoms with Gasteiger partial charge in [0.15, 0.2) is 0 Å². The number of amides is 1. The molecule has 0 aliphatic rings. The van der Waals surface area contributed by atoms with Gasteiger partial charge in [-0.3, -0.25) is 9.10 Å². The normalized spacial score (nSPS) is 11.2. The zero-order valence-electron chi connectivity index (χ0n) is 17.1. The molecular formula is C23H22Cl2N2O3S2. The van der Waals surface area contributed by atoms with Gasteiger partial charge in [0.05, 0.1) is 10.6 Å². The number of hydrogen-bond acceptors (Lipinski definition) is 4. The molecule has 0 aromatic heterocycles. The van der Waals surface area contributed by atoms with Crippen LogP contribution in [0.25, 0.3) is 0 Å². The van der Waals surface area contributed by atoms with Crippen LogP contribution in [0, 0.1) is 0 Å². The van der Waals surface area contributed by atoms with Crippen molar-refractivity contribution in [2.45, 2.75) is 10.6 Å². The quantitative estimate of drug-likeness (QED) is 0.380. The van der Waals surface area contributed by atoms with E-state index in [1.807, 2.05) is 24.3 Å². The van der Waals surface area contributed by atoms with Crippen LogP contribution in [0.5, 0.6) is 0 Å². The Morgan fingerprint density at radius 3 is 2.31 bits per heavy atom. The summed E-state index contributed by atoms with van der Waals surface area (Å²) < 4.78 is 27.5. The molecule has 0 heterocycles. The maximum atomic E-state index is 13.2. The highest BCUT2D eigenvalue weighted by Crippen LogP contribution is 2.26. The second-order valence-corrected chi connectivity index (χ2v) is 10.7. The number of sulfonamides is 1. The molecule has 1 N–H and O–H groups in total. The Balaban J connectivity index is 1.62. The van der Waals surface area contributed by atoms with Crippen LogP contribution in [0.1, 0.15) is 5.56 Å². The highest BCUT2D eigenvalue weighted by molar-refractivity contribution is 7.98. The fourth-order valence-corrected chi connectivity index (χ4v) is 5.45. The standard InChI is InChI=1S/C23H22Cl2N2O3S2/c24-19-11-9-18(10-12-19)17-31-14-13-26-23(28)16-27(21-6-4-5-20(25)15-21)32(29,30)22-7-2-1-3-8-22/h1-12,15H,13-14,16-17H2,(H,26,28). The molecule has 0 saturated heterocycles. The monoisotopic (exact) mass is 508 g/mol. The van der Waals surface area contributed by atoms with Gasteiger partial charge in [0.2, 0.25) is 5.91 Å². The van der Waals surface area contributed by atoms with E-state index in [4.69, 9.17) is 23.2 Å². The Kier molecular flexibility index (Phi) is 8.87. The summed E-state index contributed by atoms with van der Waals surface area (Å²) in [6, 6.07) is 22.1. The number of rotatable bonds is 10. The zero-order chi connectivity index (χ0) is 23.0. The summed E-state index contributed by atoms with van der Waals surface area (Å²) in [6.07, 6.45) is 0. The van der Waals surface area contributed by atoms with Gasteiger partial charge in [0.1, 0.15) is 6.54 Å². The van der Waals surface area contributed by atoms with Crippen molar-refractivity contribution in [1.29, 1.82) is 0 Å². The molecule has 0 saturated carbocycles. The van der Waals surface area contributed by atoms with Crippen molar-refractivity contribution in [2.24, 2.45) is 0 Å². The van der Waals surface area contributed by atoms with Crippen LogP contribution >= 0.6 is 35.0 Å². The van der Waals surface area contributed by atoms with Gasteiger partial charge in [-0.1, -0.05) is 59.6 Å². The predicted molar refractivity (Wildman–Crippen MR) is 133 cm³/mol. The van der Waals surface area contributed by atoms with Crippen LogP contribution in [0.3, 0.4) is 0 Å². The van der Waals surface area contributed by atoms with E-state index in [2.05, 4.69) is 5.32 Å². The SMILES string of the molecule is O=C(CN(c1cccc(Cl)c1)S(=O)(=O)c1ccccc1)NCCSCc1ccc(Cl)cc1. The summed E-state index contributed by atoms with van der Waals surface area (Å²) in [4.78, 5) is 12.7. The molecule has 168 valence electrons. The van der Waals surface area contributed by atoms with Gasteiger partial charge < -0.3 is 5.32 Å². The van der Waals surface area contributed by atoms with Crippen molar-refractivity contribution < 1.29 is 13.2 Å². The lowest BCUT2D eigenvalue weighted by atomic mass is 10.2. The molecular weight excluding hydrogens is 487 g/mol. The topological polar surface area (TPSA) is 66.5 Å². The van der Waals surface area contributed by atoms with Crippen LogP contribution in [-0.4, -0.2) is 33.2 Å². The molecule has 0 aliphatic heterocycles. The van der Waals surface area contributed by atoms with Gasteiger partial charge >= 0.3 is 0 Å². The first-order chi connectivity index (χ1) is 15.4. The third kappa shape index (κ3) is 6.90. The molecule has 5 nitrogen and oxygen atoms in total. The van der Waals surface area contributed by atoms with Crippen molar-refractivity contribution in [2.75, 3.05) is 23.1 Å². The van der Waals surface area contributed by atoms with Gasteiger partial charge in [-0.25, -0.2) is 8.42 Å². The fourth-order valence-electron chi connectivity index (χ4n) is 2.89. The van der Waals surface area contributed by atoms with Crippen molar-refractivity contribution in [3.8, 4) is 0 Å². The van der Waals surface area contributed by atoms with Gasteiger partial charge in [-0.2, -0.15) is 11.8 Å². The lowest BCUT2D eigenvalue weighted by molar-refractivity contribution is -0.119. The van der Waals surface area contributed by atoms with E-state index in [1.54, 1.807) is 48.2 Å². The number of nitrogens with one attached hydrogen (secondary N) is 1. The van der Waals surface area contributed by atoms with E-state index in [0.29, 0.717) is 28.0 Å². The number of hydrogen-bond donors (Lipinski definition) is 1. The van der Waals surface area contributed by atoms with Crippen molar-refractivity contribution >= 4 is 56.6 Å². The highest BCUT2D eigenvalue weighted by atomic mass is 35.5. The molecule has 9 heteroatoms. The molecule has 32 heavy (non-hydrogen) atoms. The average molecular weight is 509 g/mol. The minimum absolute atomic E-state index is 0.103. The summed E-state index contributed by atoms with van der Waals surface area (Å²) >= 11 is 13.6. The second kappa shape index (κ2) is 11.6. The first kappa shape index (κ1) is 24.5. The van der Waals surface area contributed by atoms with E-state index in [9.17, 15) is 13.2 Å². The van der Waals surface area contributed by atoms with E-state index in [0.717, 1.165) is 15.6 Å². The summed E-state index contributed by atoms with van der Waals surface area (Å²) in [6.45, 7) is 0.0747. The number of anilines is 1. The number of nitrogens with zero attached hydrogens (tertiary/aromatic N) is 1. The van der Waals surface area contributed by atoms with Crippen LogP contribution in [0.2, 0.25) is 10.0 Å². The summed E-state index contributed by atoms with van der Waals surface area (Å²) in [5, 5.41) is 3.88. The lowest BCUT2D eigenvalue weighted by Crippen LogP contribution is -2.41. The molecule has 1 amide bonds. The number of halogens is 2. The molecule has 0 atom stereocenters. The Morgan fingerprint density at radius 2 is 1.62 bits per heavy atom. The van der Waals surface area contributed by atoms with E-state index < -0.39 is 15.9 Å². The summed E-state index contributed by atoms with van der Waals surface area (Å²) in [5.41, 5.74) is 1.47. The maximum absolute atomic E-state index is 13.2. The number of thioether (sulfide) groups is 1. The summed E-state index contributed by atoms with van der Waals surface area (Å²) in [7, 11) is -3.94. The van der Waals surface area contributed by atoms with E-state index in [-0.39, 0.29) is 11.4 Å². The Morgan fingerprint density at radius 1 is 0.906 bits per heavy atom. The molecule has 0 spiro atoms. The number of carbonyl (C=O) groups is 1. The van der Waals surface area contributed by atoms with Crippen LogP contribution < -0.4 is 9.62 Å². The van der Waals surface area contributed by atoms with Gasteiger partial charge in [0.25, 0.3) is 10.0 Å². The molecule has 0 aliphatic carbocycles. The van der Waals surface area contributed by atoms with E-state index >= 15 is 0 Å². The third-order valence-electron chi connectivity index (χ3n) is 4.47. The first-order valence-electron chi connectivity index (χ1n) is 9.78. The minimum atomic E-state index is -3.94. The van der Waals surface area contributed by atoms with Crippen LogP contribution in [-0.2, 0) is 20.6 Å². The highest BCUT2D eigenvalue weighted by Gasteiger charge is 2.27. The van der Waals surface area contributed by atoms with Gasteiger partial charge in [0, 0.05) is 28.1 Å². The molecule has 0 fully saturated rings. The molecule has 3 aromatic rings.